The van der Waals surface area contributed by atoms with Crippen molar-refractivity contribution in [1.29, 1.82) is 0 Å². The van der Waals surface area contributed by atoms with Crippen molar-refractivity contribution >= 4 is 29.9 Å². The number of piperidine rings is 1. The van der Waals surface area contributed by atoms with E-state index in [0.717, 1.165) is 25.8 Å². The third-order valence-corrected chi connectivity index (χ3v) is 5.31. The van der Waals surface area contributed by atoms with Crippen LogP contribution in [0.5, 0.6) is 0 Å². The molecule has 3 rings (SSSR count). The van der Waals surface area contributed by atoms with Gasteiger partial charge >= 0.3 is 0 Å². The molecular formula is C19H28ClN3O2. The van der Waals surface area contributed by atoms with Crippen molar-refractivity contribution in [3.63, 3.8) is 0 Å². The Bertz CT molecular complexity index is 635. The van der Waals surface area contributed by atoms with Crippen LogP contribution in [-0.4, -0.2) is 35.8 Å². The summed E-state index contributed by atoms with van der Waals surface area (Å²) in [6.07, 6.45) is 3.03. The number of halogens is 1. The average Bonchev–Trinajstić information content (AvgIpc) is 3.31. The molecule has 2 amide bonds. The van der Waals surface area contributed by atoms with Gasteiger partial charge in [0.2, 0.25) is 5.91 Å². The first-order valence-corrected chi connectivity index (χ1v) is 8.91. The van der Waals surface area contributed by atoms with Gasteiger partial charge in [-0.3, -0.25) is 9.59 Å². The molecule has 2 aliphatic rings. The van der Waals surface area contributed by atoms with Gasteiger partial charge in [0, 0.05) is 36.3 Å². The second kappa shape index (κ2) is 8.19. The van der Waals surface area contributed by atoms with Crippen molar-refractivity contribution in [3.8, 4) is 0 Å². The van der Waals surface area contributed by atoms with Crippen molar-refractivity contribution in [1.82, 2.24) is 4.90 Å². The molecule has 6 heteroatoms. The number of carbonyl (C=O) groups excluding carboxylic acids is 2. The van der Waals surface area contributed by atoms with E-state index in [0.29, 0.717) is 29.6 Å². The molecule has 1 aliphatic heterocycles. The summed E-state index contributed by atoms with van der Waals surface area (Å²) in [6, 6.07) is 7.36. The van der Waals surface area contributed by atoms with Crippen LogP contribution in [-0.2, 0) is 4.79 Å². The molecule has 2 fully saturated rings. The van der Waals surface area contributed by atoms with Crippen LogP contribution in [0.2, 0.25) is 0 Å². The zero-order valence-corrected chi connectivity index (χ0v) is 15.7. The van der Waals surface area contributed by atoms with E-state index < -0.39 is 0 Å². The summed E-state index contributed by atoms with van der Waals surface area (Å²) in [5.41, 5.74) is 7.33. The predicted molar refractivity (Wildman–Crippen MR) is 102 cm³/mol. The van der Waals surface area contributed by atoms with Crippen molar-refractivity contribution in [2.45, 2.75) is 39.2 Å². The number of amides is 2. The van der Waals surface area contributed by atoms with E-state index in [1.807, 2.05) is 30.0 Å². The van der Waals surface area contributed by atoms with E-state index in [1.165, 1.54) is 0 Å². The van der Waals surface area contributed by atoms with Crippen molar-refractivity contribution in [3.05, 3.63) is 29.8 Å². The average molecular weight is 366 g/mol. The molecule has 4 atom stereocenters. The van der Waals surface area contributed by atoms with Crippen molar-refractivity contribution < 1.29 is 9.59 Å². The molecule has 4 unspecified atom stereocenters. The first-order valence-electron chi connectivity index (χ1n) is 8.91. The number of anilines is 1. The van der Waals surface area contributed by atoms with E-state index in [1.54, 1.807) is 6.07 Å². The van der Waals surface area contributed by atoms with E-state index in [4.69, 9.17) is 5.73 Å². The zero-order valence-electron chi connectivity index (χ0n) is 14.9. The topological polar surface area (TPSA) is 75.4 Å². The fourth-order valence-electron chi connectivity index (χ4n) is 3.46. The lowest BCUT2D eigenvalue weighted by Crippen LogP contribution is -2.45. The number of nitrogens with two attached hydrogens (primary N) is 1. The van der Waals surface area contributed by atoms with Gasteiger partial charge in [0.1, 0.15) is 0 Å². The summed E-state index contributed by atoms with van der Waals surface area (Å²) in [7, 11) is 0. The zero-order chi connectivity index (χ0) is 17.3. The van der Waals surface area contributed by atoms with Crippen molar-refractivity contribution in [2.24, 2.45) is 23.5 Å². The number of nitrogens with one attached hydrogen (secondary N) is 1. The van der Waals surface area contributed by atoms with Gasteiger partial charge in [-0.1, -0.05) is 13.0 Å². The third kappa shape index (κ3) is 4.73. The molecule has 1 saturated carbocycles. The van der Waals surface area contributed by atoms with Crippen LogP contribution in [0.1, 0.15) is 43.5 Å². The predicted octanol–water partition coefficient (Wildman–Crippen LogP) is 2.90. The molecule has 1 aliphatic carbocycles. The summed E-state index contributed by atoms with van der Waals surface area (Å²) in [5, 5.41) is 2.93. The van der Waals surface area contributed by atoms with Crippen LogP contribution in [0.4, 0.5) is 5.69 Å². The molecular weight excluding hydrogens is 338 g/mol. The molecule has 25 heavy (non-hydrogen) atoms. The summed E-state index contributed by atoms with van der Waals surface area (Å²) in [4.78, 5) is 26.7. The highest BCUT2D eigenvalue weighted by molar-refractivity contribution is 5.98. The maximum atomic E-state index is 12.8. The molecule has 1 aromatic rings. The second-order valence-corrected chi connectivity index (χ2v) is 7.40. The van der Waals surface area contributed by atoms with Crippen LogP contribution in [0.25, 0.3) is 0 Å². The third-order valence-electron chi connectivity index (χ3n) is 5.31. The quantitative estimate of drug-likeness (QED) is 0.861. The Morgan fingerprint density at radius 2 is 2.08 bits per heavy atom. The molecule has 3 N–H and O–H groups in total. The lowest BCUT2D eigenvalue weighted by Gasteiger charge is -2.34. The van der Waals surface area contributed by atoms with Gasteiger partial charge in [0.25, 0.3) is 5.91 Å². The van der Waals surface area contributed by atoms with Gasteiger partial charge in [-0.05, 0) is 56.2 Å². The van der Waals surface area contributed by atoms with Crippen LogP contribution >= 0.6 is 12.4 Å². The molecule has 138 valence electrons. The highest BCUT2D eigenvalue weighted by atomic mass is 35.5. The fourth-order valence-corrected chi connectivity index (χ4v) is 3.46. The van der Waals surface area contributed by atoms with E-state index in [9.17, 15) is 9.59 Å². The van der Waals surface area contributed by atoms with Crippen LogP contribution in [0.15, 0.2) is 24.3 Å². The maximum absolute atomic E-state index is 12.8. The monoisotopic (exact) mass is 365 g/mol. The van der Waals surface area contributed by atoms with Gasteiger partial charge in [-0.15, -0.1) is 12.4 Å². The number of rotatable bonds is 4. The highest BCUT2D eigenvalue weighted by Gasteiger charge is 2.39. The molecule has 0 spiro atoms. The van der Waals surface area contributed by atoms with E-state index in [2.05, 4.69) is 12.2 Å². The van der Waals surface area contributed by atoms with Crippen molar-refractivity contribution in [2.75, 3.05) is 18.4 Å². The standard InChI is InChI=1S/C19H27N3O2.ClH/c1-12-9-17(12)18(23)21-16-7-3-5-14(10-16)19(24)22-8-4-6-15(11-22)13(2)20;/h3,5,7,10,12-13,15,17H,4,6,8-9,11,20H2,1-2H3,(H,21,23);1H. The highest BCUT2D eigenvalue weighted by Crippen LogP contribution is 2.38. The Kier molecular flexibility index (Phi) is 6.47. The Labute approximate surface area is 155 Å². The first-order chi connectivity index (χ1) is 11.5. The number of nitrogens with zero attached hydrogens (tertiary/aromatic N) is 1. The normalized spacial score (nSPS) is 26.4. The molecule has 0 bridgehead atoms. The largest absolute Gasteiger partial charge is 0.338 e. The second-order valence-electron chi connectivity index (χ2n) is 7.40. The van der Waals surface area contributed by atoms with E-state index in [-0.39, 0.29) is 36.2 Å². The lowest BCUT2D eigenvalue weighted by molar-refractivity contribution is -0.117. The van der Waals surface area contributed by atoms with Crippen LogP contribution in [0.3, 0.4) is 0 Å². The van der Waals surface area contributed by atoms with Gasteiger partial charge < -0.3 is 16.0 Å². The Balaban J connectivity index is 0.00000225. The number of hydrogen-bond acceptors (Lipinski definition) is 3. The molecule has 1 aromatic carbocycles. The Hall–Kier alpha value is -1.59. The van der Waals surface area contributed by atoms with Gasteiger partial charge in [0.05, 0.1) is 0 Å². The summed E-state index contributed by atoms with van der Waals surface area (Å²) in [6.45, 7) is 5.58. The Morgan fingerprint density at radius 3 is 2.72 bits per heavy atom. The molecule has 0 radical (unpaired) electrons. The van der Waals surface area contributed by atoms with Gasteiger partial charge in [-0.2, -0.15) is 0 Å². The van der Waals surface area contributed by atoms with Gasteiger partial charge in [-0.25, -0.2) is 0 Å². The Morgan fingerprint density at radius 1 is 1.36 bits per heavy atom. The van der Waals surface area contributed by atoms with Gasteiger partial charge in [0.15, 0.2) is 0 Å². The minimum Gasteiger partial charge on any atom is -0.338 e. The summed E-state index contributed by atoms with van der Waals surface area (Å²) < 4.78 is 0. The summed E-state index contributed by atoms with van der Waals surface area (Å²) >= 11 is 0. The number of likely N-dealkylation sites (tertiary alicyclic amines) is 1. The molecule has 1 heterocycles. The first kappa shape index (κ1) is 19.7. The molecule has 5 nitrogen and oxygen atoms in total. The molecule has 0 aromatic heterocycles. The number of benzene rings is 1. The van der Waals surface area contributed by atoms with E-state index >= 15 is 0 Å². The van der Waals surface area contributed by atoms with Crippen LogP contribution in [0, 0.1) is 17.8 Å². The number of hydrogen-bond donors (Lipinski definition) is 2. The smallest absolute Gasteiger partial charge is 0.253 e. The molecule has 1 saturated heterocycles. The van der Waals surface area contributed by atoms with Crippen LogP contribution < -0.4 is 11.1 Å². The SMILES string of the molecule is CC(N)C1CCCN(C(=O)c2cccc(NC(=O)C3CC3C)c2)C1.Cl. The maximum Gasteiger partial charge on any atom is 0.253 e. The fraction of sp³-hybridized carbons (Fsp3) is 0.579. The summed E-state index contributed by atoms with van der Waals surface area (Å²) in [5.74, 6) is 1.04. The number of carbonyl (C=O) groups is 2. The minimum absolute atomic E-state index is 0. The lowest BCUT2D eigenvalue weighted by atomic mass is 9.92. The minimum atomic E-state index is 0.